The van der Waals surface area contributed by atoms with Gasteiger partial charge >= 0.3 is 0 Å². The summed E-state index contributed by atoms with van der Waals surface area (Å²) in [7, 11) is 0. The van der Waals surface area contributed by atoms with Crippen LogP contribution in [0.5, 0.6) is 5.75 Å². The lowest BCUT2D eigenvalue weighted by molar-refractivity contribution is -0.385. The number of rotatable bonds is 5. The predicted molar refractivity (Wildman–Crippen MR) is 97.6 cm³/mol. The van der Waals surface area contributed by atoms with Gasteiger partial charge in [-0.1, -0.05) is 5.21 Å². The minimum Gasteiger partial charge on any atom is -0.467 e. The number of aromatic nitrogens is 3. The first-order chi connectivity index (χ1) is 13.4. The summed E-state index contributed by atoms with van der Waals surface area (Å²) in [4.78, 5) is 12.9. The van der Waals surface area contributed by atoms with Gasteiger partial charge < -0.3 is 14.6 Å². The average molecular weight is 389 g/mol. The van der Waals surface area contributed by atoms with Gasteiger partial charge in [-0.3, -0.25) is 15.0 Å². The summed E-state index contributed by atoms with van der Waals surface area (Å²) in [5.74, 6) is 0.637. The van der Waals surface area contributed by atoms with Crippen molar-refractivity contribution in [1.29, 1.82) is 0 Å². The number of ether oxygens (including phenoxy) is 2. The number of hydrogen-bond acceptors (Lipinski definition) is 8. The zero-order valence-corrected chi connectivity index (χ0v) is 15.9. The maximum Gasteiger partial charge on any atom is 0.270 e. The van der Waals surface area contributed by atoms with Gasteiger partial charge in [0.05, 0.1) is 17.7 Å². The monoisotopic (exact) mass is 389 g/mol. The Bertz CT molecular complexity index is 898. The summed E-state index contributed by atoms with van der Waals surface area (Å²) in [6.45, 7) is 5.85. The Morgan fingerprint density at radius 1 is 1.43 bits per heavy atom. The van der Waals surface area contributed by atoms with Crippen molar-refractivity contribution < 1.29 is 19.5 Å². The molecule has 0 spiro atoms. The third-order valence-corrected chi connectivity index (χ3v) is 5.22. The third-order valence-electron chi connectivity index (χ3n) is 5.22. The van der Waals surface area contributed by atoms with Crippen molar-refractivity contribution in [2.24, 2.45) is 0 Å². The number of benzene rings is 1. The summed E-state index contributed by atoms with van der Waals surface area (Å²) in [6.07, 6.45) is 2.30. The molecule has 2 aromatic rings. The van der Waals surface area contributed by atoms with E-state index in [9.17, 15) is 15.2 Å². The summed E-state index contributed by atoms with van der Waals surface area (Å²) in [5, 5.41) is 30.6. The van der Waals surface area contributed by atoms with Crippen LogP contribution >= 0.6 is 0 Å². The topological polar surface area (TPSA) is 116 Å². The zero-order chi connectivity index (χ0) is 19.9. The molecule has 0 bridgehead atoms. The first kappa shape index (κ1) is 18.8. The Hall–Kier alpha value is -2.56. The second kappa shape index (κ2) is 7.12. The average Bonchev–Trinajstić information content (AvgIpc) is 3.30. The molecule has 3 heterocycles. The maximum atomic E-state index is 11.3. The van der Waals surface area contributed by atoms with Crippen LogP contribution in [0.15, 0.2) is 18.3 Å². The number of fused-ring (bicyclic) bond motifs is 1. The molecule has 0 saturated carbocycles. The van der Waals surface area contributed by atoms with E-state index >= 15 is 0 Å². The van der Waals surface area contributed by atoms with E-state index in [0.717, 1.165) is 5.56 Å². The van der Waals surface area contributed by atoms with Crippen molar-refractivity contribution in [2.45, 2.75) is 45.1 Å². The zero-order valence-electron chi connectivity index (χ0n) is 15.9. The van der Waals surface area contributed by atoms with Gasteiger partial charge in [0.1, 0.15) is 17.0 Å². The van der Waals surface area contributed by atoms with Gasteiger partial charge in [0.25, 0.3) is 5.69 Å². The molecule has 150 valence electrons. The molecule has 1 atom stereocenters. The normalized spacial score (nSPS) is 22.3. The van der Waals surface area contributed by atoms with Gasteiger partial charge in [-0.25, -0.2) is 4.68 Å². The van der Waals surface area contributed by atoms with E-state index < -0.39 is 10.5 Å². The number of non-ortho nitro benzene ring substituents is 1. The first-order valence-corrected chi connectivity index (χ1v) is 9.23. The second-order valence-corrected chi connectivity index (χ2v) is 7.63. The molecule has 28 heavy (non-hydrogen) atoms. The van der Waals surface area contributed by atoms with Gasteiger partial charge in [0.2, 0.25) is 0 Å². The largest absolute Gasteiger partial charge is 0.467 e. The van der Waals surface area contributed by atoms with E-state index in [2.05, 4.69) is 10.3 Å². The van der Waals surface area contributed by atoms with Crippen molar-refractivity contribution >= 4 is 5.69 Å². The fourth-order valence-electron chi connectivity index (χ4n) is 3.70. The number of nitro groups is 1. The molecule has 10 heteroatoms. The fraction of sp³-hybridized carbons (Fsp3) is 0.556. The molecule has 2 aliphatic rings. The lowest BCUT2D eigenvalue weighted by Crippen LogP contribution is -2.31. The molecule has 0 aliphatic carbocycles. The predicted octanol–water partition coefficient (Wildman–Crippen LogP) is 1.73. The number of β-amino-alcohol motifs (C(OH)–C–C–N with tert-alkyl or cyclic N) is 1. The molecule has 1 aromatic carbocycles. The van der Waals surface area contributed by atoms with Crippen LogP contribution in [0.2, 0.25) is 0 Å². The lowest BCUT2D eigenvalue weighted by Gasteiger charge is -2.24. The Labute approximate surface area is 161 Å². The molecule has 10 nitrogen and oxygen atoms in total. The molecule has 2 aliphatic heterocycles. The van der Waals surface area contributed by atoms with Gasteiger partial charge in [0, 0.05) is 48.9 Å². The summed E-state index contributed by atoms with van der Waals surface area (Å²) in [5.41, 5.74) is 0.872. The molecule has 0 radical (unpaired) electrons. The van der Waals surface area contributed by atoms with E-state index in [0.29, 0.717) is 43.1 Å². The Morgan fingerprint density at radius 3 is 2.96 bits per heavy atom. The summed E-state index contributed by atoms with van der Waals surface area (Å²) >= 11 is 0. The Kier molecular flexibility index (Phi) is 4.77. The van der Waals surface area contributed by atoms with Gasteiger partial charge in [0.15, 0.2) is 6.79 Å². The standard InChI is InChI=1S/C18H23N5O5/c1-12(2)22-8-16(19-20-22)18(24)3-4-21(10-18)7-13-5-15(23(25)26)6-14-9-27-11-28-17(13)14/h5-6,8,12,24H,3-4,7,9-11H2,1-2H3. The highest BCUT2D eigenvalue weighted by molar-refractivity contribution is 5.50. The van der Waals surface area contributed by atoms with Crippen LogP contribution in [0.1, 0.15) is 43.1 Å². The lowest BCUT2D eigenvalue weighted by atomic mass is 10.00. The van der Waals surface area contributed by atoms with Gasteiger partial charge in [-0.05, 0) is 20.3 Å². The molecule has 1 N–H and O–H groups in total. The number of nitrogens with zero attached hydrogens (tertiary/aromatic N) is 5. The van der Waals surface area contributed by atoms with E-state index in [4.69, 9.17) is 9.47 Å². The number of hydrogen-bond donors (Lipinski definition) is 1. The maximum absolute atomic E-state index is 11.3. The van der Waals surface area contributed by atoms with E-state index in [1.54, 1.807) is 10.9 Å². The molecule has 0 amide bonds. The van der Waals surface area contributed by atoms with E-state index in [1.807, 2.05) is 18.7 Å². The fourth-order valence-corrected chi connectivity index (χ4v) is 3.70. The van der Waals surface area contributed by atoms with E-state index in [-0.39, 0.29) is 25.1 Å². The summed E-state index contributed by atoms with van der Waals surface area (Å²) < 4.78 is 12.6. The van der Waals surface area contributed by atoms with Crippen molar-refractivity contribution in [3.63, 3.8) is 0 Å². The molecule has 1 aromatic heterocycles. The quantitative estimate of drug-likeness (QED) is 0.607. The highest BCUT2D eigenvalue weighted by Gasteiger charge is 2.40. The van der Waals surface area contributed by atoms with Crippen molar-refractivity contribution in [3.05, 3.63) is 45.3 Å². The van der Waals surface area contributed by atoms with Crippen LogP contribution < -0.4 is 4.74 Å². The Balaban J connectivity index is 1.55. The SMILES string of the molecule is CC(C)n1cc(C2(O)CCN(Cc3cc([N+](=O)[O-])cc4c3OCOC4)C2)nn1. The van der Waals surface area contributed by atoms with Crippen molar-refractivity contribution in [1.82, 2.24) is 19.9 Å². The van der Waals surface area contributed by atoms with E-state index in [1.165, 1.54) is 12.1 Å². The van der Waals surface area contributed by atoms with Crippen LogP contribution in [0.3, 0.4) is 0 Å². The molecular weight excluding hydrogens is 366 g/mol. The van der Waals surface area contributed by atoms with Crippen LogP contribution in [0.4, 0.5) is 5.69 Å². The van der Waals surface area contributed by atoms with Crippen molar-refractivity contribution in [3.8, 4) is 5.75 Å². The third kappa shape index (κ3) is 3.46. The number of likely N-dealkylation sites (tertiary alicyclic amines) is 1. The molecule has 1 fully saturated rings. The first-order valence-electron chi connectivity index (χ1n) is 9.23. The highest BCUT2D eigenvalue weighted by Crippen LogP contribution is 2.36. The molecule has 1 unspecified atom stereocenters. The molecular formula is C18H23N5O5. The second-order valence-electron chi connectivity index (χ2n) is 7.63. The van der Waals surface area contributed by atoms with Crippen LogP contribution in [0, 0.1) is 10.1 Å². The number of aliphatic hydroxyl groups is 1. The smallest absolute Gasteiger partial charge is 0.270 e. The Morgan fingerprint density at radius 2 is 2.25 bits per heavy atom. The number of nitro benzene ring substituents is 1. The summed E-state index contributed by atoms with van der Waals surface area (Å²) in [6, 6.07) is 3.19. The molecule has 1 saturated heterocycles. The van der Waals surface area contributed by atoms with Crippen LogP contribution in [-0.2, 0) is 23.5 Å². The molecule has 4 rings (SSSR count). The van der Waals surface area contributed by atoms with Crippen molar-refractivity contribution in [2.75, 3.05) is 19.9 Å². The van der Waals surface area contributed by atoms with Gasteiger partial charge in [-0.2, -0.15) is 0 Å². The minimum atomic E-state index is -1.09. The highest BCUT2D eigenvalue weighted by atomic mass is 16.7. The van der Waals surface area contributed by atoms with Crippen LogP contribution in [0.25, 0.3) is 0 Å². The minimum absolute atomic E-state index is 0.0113. The van der Waals surface area contributed by atoms with Crippen LogP contribution in [-0.4, -0.2) is 49.8 Å². The van der Waals surface area contributed by atoms with Gasteiger partial charge in [-0.15, -0.1) is 5.10 Å².